The summed E-state index contributed by atoms with van der Waals surface area (Å²) in [5.41, 5.74) is 6.60. The van der Waals surface area contributed by atoms with E-state index in [1.54, 1.807) is 23.1 Å². The van der Waals surface area contributed by atoms with E-state index in [4.69, 9.17) is 5.26 Å². The van der Waals surface area contributed by atoms with E-state index >= 15 is 0 Å². The molecule has 7 nitrogen and oxygen atoms in total. The average Bonchev–Trinajstić information content (AvgIpc) is 2.93. The molecule has 0 saturated carbocycles. The molecule has 1 aliphatic rings. The second kappa shape index (κ2) is 13.7. The largest absolute Gasteiger partial charge is 0.388 e. The molecule has 0 aliphatic carbocycles. The van der Waals surface area contributed by atoms with Gasteiger partial charge in [-0.2, -0.15) is 5.26 Å². The number of amides is 2. The Kier molecular flexibility index (Phi) is 10.0. The van der Waals surface area contributed by atoms with Crippen molar-refractivity contribution < 1.29 is 9.59 Å². The van der Waals surface area contributed by atoms with Crippen molar-refractivity contribution in [3.8, 4) is 6.07 Å². The van der Waals surface area contributed by atoms with Crippen molar-refractivity contribution in [2.45, 2.75) is 32.9 Å². The van der Waals surface area contributed by atoms with Crippen LogP contribution in [0.1, 0.15) is 46.0 Å². The Hall–Kier alpha value is -4.15. The maximum Gasteiger partial charge on any atom is 0.255 e. The van der Waals surface area contributed by atoms with Crippen LogP contribution < -0.4 is 16.0 Å². The molecule has 0 atom stereocenters. The Balaban J connectivity index is 0.000000303. The van der Waals surface area contributed by atoms with Crippen molar-refractivity contribution in [1.29, 1.82) is 5.26 Å². The van der Waals surface area contributed by atoms with Gasteiger partial charge in [-0.1, -0.05) is 31.2 Å². The number of carbonyl (C=O) groups is 2. The van der Waals surface area contributed by atoms with Gasteiger partial charge in [0.15, 0.2) is 0 Å². The molecule has 3 aromatic rings. The molecule has 2 amide bonds. The highest BCUT2D eigenvalue weighted by molar-refractivity contribution is 6.04. The lowest BCUT2D eigenvalue weighted by atomic mass is 10.0. The SMILES string of the molecule is CCCN(C=O)Cc1cccc(C(=O)Nc2ccc3c(c2)CNCC3)c1.CNc1cccc(C#N)c1. The number of fused-ring (bicyclic) bond motifs is 1. The lowest BCUT2D eigenvalue weighted by Gasteiger charge is -2.18. The van der Waals surface area contributed by atoms with E-state index in [1.165, 1.54) is 11.1 Å². The molecule has 0 spiro atoms. The standard InChI is InChI=1S/C21H25N3O2.C8H8N2/c1-2-10-24(15-25)14-16-4-3-5-18(11-16)21(26)23-20-7-6-17-8-9-22-13-19(17)12-20;1-10-8-4-2-3-7(5-8)6-9/h3-7,11-12,15,22H,2,8-10,13-14H2,1H3,(H,23,26);2-5,10H,1H3. The van der Waals surface area contributed by atoms with Gasteiger partial charge in [-0.05, 0) is 78.5 Å². The highest BCUT2D eigenvalue weighted by atomic mass is 16.1. The van der Waals surface area contributed by atoms with Crippen LogP contribution >= 0.6 is 0 Å². The first-order valence-corrected chi connectivity index (χ1v) is 12.2. The monoisotopic (exact) mass is 483 g/mol. The lowest BCUT2D eigenvalue weighted by molar-refractivity contribution is -0.118. The Labute approximate surface area is 213 Å². The summed E-state index contributed by atoms with van der Waals surface area (Å²) in [5, 5.41) is 17.8. The molecule has 4 rings (SSSR count). The first-order valence-electron chi connectivity index (χ1n) is 12.2. The summed E-state index contributed by atoms with van der Waals surface area (Å²) in [6.07, 6.45) is 2.79. The Morgan fingerprint density at radius 2 is 1.92 bits per heavy atom. The Morgan fingerprint density at radius 3 is 2.67 bits per heavy atom. The highest BCUT2D eigenvalue weighted by Gasteiger charge is 2.12. The molecule has 0 unspecified atom stereocenters. The van der Waals surface area contributed by atoms with Crippen molar-refractivity contribution in [1.82, 2.24) is 10.2 Å². The minimum Gasteiger partial charge on any atom is -0.388 e. The molecule has 36 heavy (non-hydrogen) atoms. The fourth-order valence-corrected chi connectivity index (χ4v) is 4.01. The van der Waals surface area contributed by atoms with Gasteiger partial charge >= 0.3 is 0 Å². The molecular weight excluding hydrogens is 450 g/mol. The third kappa shape index (κ3) is 7.69. The lowest BCUT2D eigenvalue weighted by Crippen LogP contribution is -2.24. The zero-order valence-corrected chi connectivity index (χ0v) is 20.9. The summed E-state index contributed by atoms with van der Waals surface area (Å²) in [5.74, 6) is -0.135. The summed E-state index contributed by atoms with van der Waals surface area (Å²) in [4.78, 5) is 25.4. The van der Waals surface area contributed by atoms with Gasteiger partial charge in [0.1, 0.15) is 0 Å². The van der Waals surface area contributed by atoms with Crippen molar-refractivity contribution >= 4 is 23.7 Å². The molecule has 0 saturated heterocycles. The highest BCUT2D eigenvalue weighted by Crippen LogP contribution is 2.20. The first-order chi connectivity index (χ1) is 17.6. The van der Waals surface area contributed by atoms with Gasteiger partial charge in [-0.15, -0.1) is 0 Å². The zero-order valence-electron chi connectivity index (χ0n) is 20.9. The first kappa shape index (κ1) is 26.5. The van der Waals surface area contributed by atoms with Crippen LogP contribution in [0.15, 0.2) is 66.7 Å². The molecule has 3 aromatic carbocycles. The smallest absolute Gasteiger partial charge is 0.255 e. The quantitative estimate of drug-likeness (QED) is 0.408. The normalized spacial score (nSPS) is 11.7. The number of carbonyl (C=O) groups excluding carboxylic acids is 2. The third-order valence-electron chi connectivity index (χ3n) is 5.87. The number of anilines is 2. The van der Waals surface area contributed by atoms with Crippen LogP contribution in [0.4, 0.5) is 11.4 Å². The molecule has 1 heterocycles. The molecule has 3 N–H and O–H groups in total. The van der Waals surface area contributed by atoms with Crippen LogP contribution in [0.3, 0.4) is 0 Å². The Morgan fingerprint density at radius 1 is 1.08 bits per heavy atom. The van der Waals surface area contributed by atoms with Gasteiger partial charge in [0.05, 0.1) is 11.6 Å². The van der Waals surface area contributed by atoms with E-state index in [0.29, 0.717) is 24.2 Å². The van der Waals surface area contributed by atoms with Gasteiger partial charge < -0.3 is 20.9 Å². The summed E-state index contributed by atoms with van der Waals surface area (Å²) in [7, 11) is 1.83. The maximum absolute atomic E-state index is 12.6. The number of nitriles is 1. The molecule has 0 aromatic heterocycles. The molecule has 1 aliphatic heterocycles. The average molecular weight is 484 g/mol. The van der Waals surface area contributed by atoms with E-state index in [-0.39, 0.29) is 5.91 Å². The van der Waals surface area contributed by atoms with E-state index in [2.05, 4.69) is 28.1 Å². The van der Waals surface area contributed by atoms with Gasteiger partial charge in [0, 0.05) is 43.6 Å². The molecule has 0 radical (unpaired) electrons. The van der Waals surface area contributed by atoms with Crippen LogP contribution in [-0.2, 0) is 24.3 Å². The van der Waals surface area contributed by atoms with Gasteiger partial charge in [0.2, 0.25) is 6.41 Å². The number of nitrogens with zero attached hydrogens (tertiary/aromatic N) is 2. The van der Waals surface area contributed by atoms with Gasteiger partial charge in [-0.3, -0.25) is 9.59 Å². The summed E-state index contributed by atoms with van der Waals surface area (Å²) in [6.45, 7) is 5.11. The second-order valence-corrected chi connectivity index (χ2v) is 8.58. The molecular formula is C29H33N5O2. The molecule has 186 valence electrons. The number of nitrogens with one attached hydrogen (secondary N) is 3. The van der Waals surface area contributed by atoms with Crippen molar-refractivity contribution in [3.63, 3.8) is 0 Å². The number of benzene rings is 3. The minimum absolute atomic E-state index is 0.135. The predicted octanol–water partition coefficient (Wildman–Crippen LogP) is 4.55. The fourth-order valence-electron chi connectivity index (χ4n) is 4.01. The zero-order chi connectivity index (χ0) is 25.8. The van der Waals surface area contributed by atoms with Crippen LogP contribution in [0.2, 0.25) is 0 Å². The Bertz CT molecular complexity index is 1220. The van der Waals surface area contributed by atoms with Crippen LogP contribution in [0.25, 0.3) is 0 Å². The van der Waals surface area contributed by atoms with Crippen molar-refractivity contribution in [3.05, 3.63) is 94.5 Å². The van der Waals surface area contributed by atoms with E-state index in [0.717, 1.165) is 49.3 Å². The molecule has 0 fully saturated rings. The number of hydrogen-bond acceptors (Lipinski definition) is 5. The van der Waals surface area contributed by atoms with E-state index in [9.17, 15) is 9.59 Å². The van der Waals surface area contributed by atoms with E-state index in [1.807, 2.05) is 56.4 Å². The molecule has 0 bridgehead atoms. The molecule has 7 heteroatoms. The van der Waals surface area contributed by atoms with Gasteiger partial charge in [0.25, 0.3) is 5.91 Å². The van der Waals surface area contributed by atoms with Gasteiger partial charge in [-0.25, -0.2) is 0 Å². The number of hydrogen-bond donors (Lipinski definition) is 3. The third-order valence-corrected chi connectivity index (χ3v) is 5.87. The summed E-state index contributed by atoms with van der Waals surface area (Å²) >= 11 is 0. The summed E-state index contributed by atoms with van der Waals surface area (Å²) in [6, 6.07) is 22.9. The fraction of sp³-hybridized carbons (Fsp3) is 0.276. The summed E-state index contributed by atoms with van der Waals surface area (Å²) < 4.78 is 0. The predicted molar refractivity (Wildman–Crippen MR) is 144 cm³/mol. The van der Waals surface area contributed by atoms with E-state index < -0.39 is 0 Å². The van der Waals surface area contributed by atoms with Crippen LogP contribution in [0, 0.1) is 11.3 Å². The number of rotatable bonds is 8. The van der Waals surface area contributed by atoms with Crippen LogP contribution in [0.5, 0.6) is 0 Å². The second-order valence-electron chi connectivity index (χ2n) is 8.58. The maximum atomic E-state index is 12.6. The van der Waals surface area contributed by atoms with Crippen molar-refractivity contribution in [2.75, 3.05) is 30.8 Å². The minimum atomic E-state index is -0.135. The van der Waals surface area contributed by atoms with Crippen LogP contribution in [-0.4, -0.2) is 37.4 Å². The topological polar surface area (TPSA) is 97.3 Å². The van der Waals surface area contributed by atoms with Crippen molar-refractivity contribution in [2.24, 2.45) is 0 Å².